The molecular weight excluding hydrogens is 278 g/mol. The van der Waals surface area contributed by atoms with Gasteiger partial charge in [-0.05, 0) is 25.1 Å². The van der Waals surface area contributed by atoms with Gasteiger partial charge in [-0.2, -0.15) is 18.3 Å². The number of amides is 1. The maximum absolute atomic E-state index is 13.5. The highest BCUT2D eigenvalue weighted by atomic mass is 19.4. The van der Waals surface area contributed by atoms with Crippen molar-refractivity contribution < 1.29 is 22.4 Å². The Morgan fingerprint density at radius 2 is 2.00 bits per heavy atom. The monoisotopic (exact) mass is 287 g/mol. The molecule has 0 saturated heterocycles. The van der Waals surface area contributed by atoms with E-state index >= 15 is 0 Å². The van der Waals surface area contributed by atoms with Crippen LogP contribution in [-0.4, -0.2) is 16.1 Å². The first-order chi connectivity index (χ1) is 9.27. The van der Waals surface area contributed by atoms with Crippen LogP contribution in [0.2, 0.25) is 0 Å². The SMILES string of the molecule is Cc1cc(NC(=O)c2cc(C(F)(F)F)ccc2F)n[nH]1. The van der Waals surface area contributed by atoms with Gasteiger partial charge in [0, 0.05) is 11.8 Å². The number of rotatable bonds is 2. The number of aryl methyl sites for hydroxylation is 1. The highest BCUT2D eigenvalue weighted by Crippen LogP contribution is 2.30. The highest BCUT2D eigenvalue weighted by Gasteiger charge is 2.32. The molecule has 20 heavy (non-hydrogen) atoms. The van der Waals surface area contributed by atoms with Crippen LogP contribution in [0.4, 0.5) is 23.4 Å². The summed E-state index contributed by atoms with van der Waals surface area (Å²) in [6.07, 6.45) is -4.65. The van der Waals surface area contributed by atoms with E-state index in [0.29, 0.717) is 23.9 Å². The Balaban J connectivity index is 2.29. The lowest BCUT2D eigenvalue weighted by atomic mass is 10.1. The Hall–Kier alpha value is -2.38. The van der Waals surface area contributed by atoms with Crippen molar-refractivity contribution in [1.29, 1.82) is 0 Å². The van der Waals surface area contributed by atoms with Crippen molar-refractivity contribution in [1.82, 2.24) is 10.2 Å². The molecule has 2 aromatic rings. The normalized spacial score (nSPS) is 11.4. The van der Waals surface area contributed by atoms with Crippen molar-refractivity contribution in [3.8, 4) is 0 Å². The number of carbonyl (C=O) groups excluding carboxylic acids is 1. The summed E-state index contributed by atoms with van der Waals surface area (Å²) >= 11 is 0. The highest BCUT2D eigenvalue weighted by molar-refractivity contribution is 6.04. The lowest BCUT2D eigenvalue weighted by Gasteiger charge is -2.09. The van der Waals surface area contributed by atoms with Crippen LogP contribution in [0.3, 0.4) is 0 Å². The Morgan fingerprint density at radius 1 is 1.30 bits per heavy atom. The molecule has 2 N–H and O–H groups in total. The molecular formula is C12H9F4N3O. The second-order valence-electron chi connectivity index (χ2n) is 4.08. The van der Waals surface area contributed by atoms with Crippen molar-refractivity contribution in [3.05, 3.63) is 46.9 Å². The van der Waals surface area contributed by atoms with E-state index in [0.717, 1.165) is 0 Å². The molecule has 0 saturated carbocycles. The van der Waals surface area contributed by atoms with Gasteiger partial charge in [0.25, 0.3) is 5.91 Å². The van der Waals surface area contributed by atoms with Crippen LogP contribution in [0.15, 0.2) is 24.3 Å². The zero-order chi connectivity index (χ0) is 14.9. The molecule has 2 rings (SSSR count). The van der Waals surface area contributed by atoms with Gasteiger partial charge in [0.1, 0.15) is 5.82 Å². The number of aromatic amines is 1. The summed E-state index contributed by atoms with van der Waals surface area (Å²) in [4.78, 5) is 11.8. The smallest absolute Gasteiger partial charge is 0.305 e. The number of aromatic nitrogens is 2. The fourth-order valence-corrected chi connectivity index (χ4v) is 1.54. The summed E-state index contributed by atoms with van der Waals surface area (Å²) in [6.45, 7) is 1.67. The Kier molecular flexibility index (Phi) is 3.47. The molecule has 0 aliphatic rings. The number of hydrogen-bond donors (Lipinski definition) is 2. The number of nitrogens with one attached hydrogen (secondary N) is 2. The Bertz CT molecular complexity index is 648. The number of nitrogens with zero attached hydrogens (tertiary/aromatic N) is 1. The second-order valence-corrected chi connectivity index (χ2v) is 4.08. The minimum absolute atomic E-state index is 0.101. The van der Waals surface area contributed by atoms with E-state index in [-0.39, 0.29) is 5.82 Å². The van der Waals surface area contributed by atoms with Gasteiger partial charge in [0.2, 0.25) is 0 Å². The van der Waals surface area contributed by atoms with Gasteiger partial charge >= 0.3 is 6.18 Å². The fraction of sp³-hybridized carbons (Fsp3) is 0.167. The third-order valence-electron chi connectivity index (χ3n) is 2.49. The first-order valence-electron chi connectivity index (χ1n) is 5.47. The molecule has 0 aliphatic heterocycles. The summed E-state index contributed by atoms with van der Waals surface area (Å²) in [5, 5.41) is 8.43. The van der Waals surface area contributed by atoms with E-state index in [9.17, 15) is 22.4 Å². The number of halogens is 4. The maximum Gasteiger partial charge on any atom is 0.416 e. The van der Waals surface area contributed by atoms with E-state index in [1.807, 2.05) is 0 Å². The third kappa shape index (κ3) is 2.95. The van der Waals surface area contributed by atoms with Gasteiger partial charge in [-0.3, -0.25) is 9.89 Å². The molecule has 0 bridgehead atoms. The van der Waals surface area contributed by atoms with Crippen LogP contribution >= 0.6 is 0 Å². The zero-order valence-electron chi connectivity index (χ0n) is 10.2. The molecule has 1 amide bonds. The van der Waals surface area contributed by atoms with Gasteiger partial charge in [0.05, 0.1) is 11.1 Å². The van der Waals surface area contributed by atoms with Crippen molar-refractivity contribution in [3.63, 3.8) is 0 Å². The minimum atomic E-state index is -4.65. The molecule has 8 heteroatoms. The lowest BCUT2D eigenvalue weighted by Crippen LogP contribution is -2.16. The molecule has 0 radical (unpaired) electrons. The number of benzene rings is 1. The van der Waals surface area contributed by atoms with Crippen LogP contribution in [0.5, 0.6) is 0 Å². The number of alkyl halides is 3. The number of anilines is 1. The van der Waals surface area contributed by atoms with Crippen molar-refractivity contribution in [2.45, 2.75) is 13.1 Å². The van der Waals surface area contributed by atoms with Crippen LogP contribution in [0, 0.1) is 12.7 Å². The molecule has 1 heterocycles. The average Bonchev–Trinajstić information content (AvgIpc) is 2.73. The van der Waals surface area contributed by atoms with Crippen molar-refractivity contribution in [2.24, 2.45) is 0 Å². The molecule has 0 aliphatic carbocycles. The van der Waals surface area contributed by atoms with Crippen molar-refractivity contribution in [2.75, 3.05) is 5.32 Å². The van der Waals surface area contributed by atoms with Gasteiger partial charge in [-0.25, -0.2) is 4.39 Å². The molecule has 106 valence electrons. The summed E-state index contributed by atoms with van der Waals surface area (Å²) in [7, 11) is 0. The minimum Gasteiger partial charge on any atom is -0.305 e. The molecule has 4 nitrogen and oxygen atoms in total. The van der Waals surface area contributed by atoms with E-state index < -0.39 is 29.0 Å². The van der Waals surface area contributed by atoms with Gasteiger partial charge < -0.3 is 5.32 Å². The standard InChI is InChI=1S/C12H9F4N3O/c1-6-4-10(19-18-6)17-11(20)8-5-7(12(14,15)16)2-3-9(8)13/h2-5H,1H3,(H2,17,18,19,20). The number of hydrogen-bond acceptors (Lipinski definition) is 2. The first kappa shape index (κ1) is 14.0. The third-order valence-corrected chi connectivity index (χ3v) is 2.49. The van der Waals surface area contributed by atoms with Crippen LogP contribution in [0.25, 0.3) is 0 Å². The summed E-state index contributed by atoms with van der Waals surface area (Å²) in [5.74, 6) is -1.94. The Morgan fingerprint density at radius 3 is 2.55 bits per heavy atom. The summed E-state index contributed by atoms with van der Waals surface area (Å²) in [6, 6.07) is 3.10. The fourth-order valence-electron chi connectivity index (χ4n) is 1.54. The second kappa shape index (κ2) is 4.95. The molecule has 0 spiro atoms. The zero-order valence-corrected chi connectivity index (χ0v) is 10.2. The molecule has 0 unspecified atom stereocenters. The lowest BCUT2D eigenvalue weighted by molar-refractivity contribution is -0.137. The molecule has 1 aromatic heterocycles. The number of H-pyrrole nitrogens is 1. The first-order valence-corrected chi connectivity index (χ1v) is 5.47. The Labute approximate surface area is 110 Å². The largest absolute Gasteiger partial charge is 0.416 e. The van der Waals surface area contributed by atoms with Crippen LogP contribution < -0.4 is 5.32 Å². The average molecular weight is 287 g/mol. The summed E-state index contributed by atoms with van der Waals surface area (Å²) < 4.78 is 51.0. The molecule has 0 atom stereocenters. The van der Waals surface area contributed by atoms with E-state index in [1.54, 1.807) is 6.92 Å². The summed E-state index contributed by atoms with van der Waals surface area (Å²) in [5.41, 5.74) is -1.15. The topological polar surface area (TPSA) is 57.8 Å². The molecule has 0 fully saturated rings. The van der Waals surface area contributed by atoms with Gasteiger partial charge in [-0.15, -0.1) is 0 Å². The van der Waals surface area contributed by atoms with Gasteiger partial charge in [-0.1, -0.05) is 0 Å². The quantitative estimate of drug-likeness (QED) is 0.834. The number of carbonyl (C=O) groups is 1. The van der Waals surface area contributed by atoms with E-state index in [2.05, 4.69) is 15.5 Å². The predicted octanol–water partition coefficient (Wildman–Crippen LogP) is 3.13. The van der Waals surface area contributed by atoms with Crippen molar-refractivity contribution >= 4 is 11.7 Å². The van der Waals surface area contributed by atoms with Crippen LogP contribution in [-0.2, 0) is 6.18 Å². The van der Waals surface area contributed by atoms with Gasteiger partial charge in [0.15, 0.2) is 5.82 Å². The van der Waals surface area contributed by atoms with E-state index in [1.165, 1.54) is 6.07 Å². The maximum atomic E-state index is 13.5. The predicted molar refractivity (Wildman–Crippen MR) is 62.7 cm³/mol. The van der Waals surface area contributed by atoms with E-state index in [4.69, 9.17) is 0 Å². The molecule has 1 aromatic carbocycles. The van der Waals surface area contributed by atoms with Crippen LogP contribution in [0.1, 0.15) is 21.6 Å².